The van der Waals surface area contributed by atoms with Crippen molar-refractivity contribution in [3.05, 3.63) is 35.5 Å². The largest absolute Gasteiger partial charge is 0.481 e. The fourth-order valence-electron chi connectivity index (χ4n) is 2.54. The number of aromatic nitrogens is 1. The molecule has 1 heterocycles. The van der Waals surface area contributed by atoms with Gasteiger partial charge in [-0.3, -0.25) is 4.79 Å². The molecule has 0 fully saturated rings. The van der Waals surface area contributed by atoms with E-state index in [0.29, 0.717) is 17.4 Å². The maximum Gasteiger partial charge on any atom is 0.416 e. The van der Waals surface area contributed by atoms with Crippen molar-refractivity contribution in [2.75, 3.05) is 0 Å². The smallest absolute Gasteiger partial charge is 0.416 e. The highest BCUT2D eigenvalue weighted by atomic mass is 19.4. The normalized spacial score (nSPS) is 12.8. The Bertz CT molecular complexity index is 714. The van der Waals surface area contributed by atoms with Gasteiger partial charge in [0, 0.05) is 24.2 Å². The van der Waals surface area contributed by atoms with Crippen LogP contribution in [0, 0.1) is 5.41 Å². The van der Waals surface area contributed by atoms with Gasteiger partial charge in [0.1, 0.15) is 0 Å². The van der Waals surface area contributed by atoms with Crippen molar-refractivity contribution < 1.29 is 23.1 Å². The van der Waals surface area contributed by atoms with Crippen molar-refractivity contribution in [3.63, 3.8) is 0 Å². The standard InChI is InChI=1S/C16H18F3NO2/c1-4-20-12(9-15(2,3)14(21)22)7-10-5-6-11(8-13(10)20)16(17,18)19/h5-8H,4,9H2,1-3H3,(H,21,22). The number of aliphatic carboxylic acids is 1. The number of rotatable bonds is 4. The maximum atomic E-state index is 12.8. The van der Waals surface area contributed by atoms with Crippen LogP contribution in [0.4, 0.5) is 13.2 Å². The van der Waals surface area contributed by atoms with Crippen LogP contribution in [0.5, 0.6) is 0 Å². The molecule has 6 heteroatoms. The van der Waals surface area contributed by atoms with E-state index in [1.54, 1.807) is 24.5 Å². The minimum absolute atomic E-state index is 0.256. The summed E-state index contributed by atoms with van der Waals surface area (Å²) in [6, 6.07) is 5.37. The molecule has 0 saturated heterocycles. The average Bonchev–Trinajstić information content (AvgIpc) is 2.72. The molecule has 120 valence electrons. The van der Waals surface area contributed by atoms with E-state index >= 15 is 0 Å². The summed E-state index contributed by atoms with van der Waals surface area (Å²) in [4.78, 5) is 11.3. The summed E-state index contributed by atoms with van der Waals surface area (Å²) in [5.41, 5.74) is -0.469. The summed E-state index contributed by atoms with van der Waals surface area (Å²) in [5, 5.41) is 9.92. The molecule has 0 aliphatic heterocycles. The molecule has 22 heavy (non-hydrogen) atoms. The Labute approximate surface area is 126 Å². The number of carboxylic acid groups (broad SMARTS) is 1. The summed E-state index contributed by atoms with van der Waals surface area (Å²) in [5.74, 6) is -0.934. The molecule has 0 aliphatic rings. The Balaban J connectivity index is 2.56. The molecular weight excluding hydrogens is 295 g/mol. The first-order valence-electron chi connectivity index (χ1n) is 6.99. The first-order chi connectivity index (χ1) is 10.1. The number of halogens is 3. The summed E-state index contributed by atoms with van der Waals surface area (Å²) < 4.78 is 40.3. The van der Waals surface area contributed by atoms with Gasteiger partial charge in [0.15, 0.2) is 0 Å². The maximum absolute atomic E-state index is 12.8. The van der Waals surface area contributed by atoms with Gasteiger partial charge in [0.25, 0.3) is 0 Å². The lowest BCUT2D eigenvalue weighted by molar-refractivity contribution is -0.146. The second-order valence-electron chi connectivity index (χ2n) is 6.02. The van der Waals surface area contributed by atoms with Gasteiger partial charge in [-0.15, -0.1) is 0 Å². The number of fused-ring (bicyclic) bond motifs is 1. The quantitative estimate of drug-likeness (QED) is 0.912. The van der Waals surface area contributed by atoms with Gasteiger partial charge in [0.2, 0.25) is 0 Å². The third-order valence-electron chi connectivity index (χ3n) is 3.84. The highest BCUT2D eigenvalue weighted by Gasteiger charge is 2.32. The van der Waals surface area contributed by atoms with E-state index in [-0.39, 0.29) is 6.42 Å². The summed E-state index contributed by atoms with van der Waals surface area (Å²) in [6.07, 6.45) is -4.14. The van der Waals surface area contributed by atoms with Gasteiger partial charge >= 0.3 is 12.1 Å². The lowest BCUT2D eigenvalue weighted by Gasteiger charge is -2.20. The molecule has 1 aromatic heterocycles. The van der Waals surface area contributed by atoms with Crippen LogP contribution in [0.25, 0.3) is 10.9 Å². The Hall–Kier alpha value is -1.98. The lowest BCUT2D eigenvalue weighted by Crippen LogP contribution is -2.27. The second-order valence-corrected chi connectivity index (χ2v) is 6.02. The number of carbonyl (C=O) groups is 1. The SMILES string of the molecule is CCn1c(CC(C)(C)C(=O)O)cc2ccc(C(F)(F)F)cc21. The molecule has 0 amide bonds. The molecule has 3 nitrogen and oxygen atoms in total. The van der Waals surface area contributed by atoms with Gasteiger partial charge in [-0.2, -0.15) is 13.2 Å². The molecule has 0 unspecified atom stereocenters. The third kappa shape index (κ3) is 2.96. The van der Waals surface area contributed by atoms with Crippen LogP contribution in [-0.4, -0.2) is 15.6 Å². The van der Waals surface area contributed by atoms with E-state index < -0.39 is 23.1 Å². The Morgan fingerprint density at radius 2 is 1.86 bits per heavy atom. The predicted octanol–water partition coefficient (Wildman–Crippen LogP) is 4.33. The van der Waals surface area contributed by atoms with E-state index in [1.165, 1.54) is 6.07 Å². The van der Waals surface area contributed by atoms with Gasteiger partial charge in [0.05, 0.1) is 11.0 Å². The van der Waals surface area contributed by atoms with Crippen molar-refractivity contribution in [2.45, 2.75) is 39.9 Å². The molecule has 0 spiro atoms. The monoisotopic (exact) mass is 313 g/mol. The van der Waals surface area contributed by atoms with Crippen molar-refractivity contribution in [2.24, 2.45) is 5.41 Å². The number of carboxylic acids is 1. The highest BCUT2D eigenvalue weighted by molar-refractivity contribution is 5.83. The molecule has 0 atom stereocenters. The van der Waals surface area contributed by atoms with Crippen molar-refractivity contribution in [1.82, 2.24) is 4.57 Å². The van der Waals surface area contributed by atoms with Crippen LogP contribution in [0.1, 0.15) is 32.0 Å². The summed E-state index contributed by atoms with van der Waals surface area (Å²) in [6.45, 7) is 5.52. The van der Waals surface area contributed by atoms with Gasteiger partial charge < -0.3 is 9.67 Å². The zero-order valence-corrected chi connectivity index (χ0v) is 12.7. The first-order valence-corrected chi connectivity index (χ1v) is 6.99. The average molecular weight is 313 g/mol. The third-order valence-corrected chi connectivity index (χ3v) is 3.84. The molecule has 0 radical (unpaired) electrons. The molecule has 1 N–H and O–H groups in total. The summed E-state index contributed by atoms with van der Waals surface area (Å²) in [7, 11) is 0. The Morgan fingerprint density at radius 1 is 1.23 bits per heavy atom. The van der Waals surface area contributed by atoms with E-state index in [0.717, 1.165) is 17.8 Å². The molecule has 0 aliphatic carbocycles. The van der Waals surface area contributed by atoms with E-state index in [2.05, 4.69) is 0 Å². The van der Waals surface area contributed by atoms with Crippen LogP contribution < -0.4 is 0 Å². The van der Waals surface area contributed by atoms with Crippen LogP contribution in [-0.2, 0) is 23.9 Å². The van der Waals surface area contributed by atoms with E-state index in [4.69, 9.17) is 0 Å². The van der Waals surface area contributed by atoms with E-state index in [9.17, 15) is 23.1 Å². The van der Waals surface area contributed by atoms with Crippen molar-refractivity contribution in [1.29, 1.82) is 0 Å². The minimum Gasteiger partial charge on any atom is -0.481 e. The van der Waals surface area contributed by atoms with Gasteiger partial charge in [-0.05, 0) is 44.4 Å². The molecule has 0 saturated carbocycles. The fourth-order valence-corrected chi connectivity index (χ4v) is 2.54. The lowest BCUT2D eigenvalue weighted by atomic mass is 9.88. The molecule has 1 aromatic carbocycles. The number of benzene rings is 1. The van der Waals surface area contributed by atoms with Crippen LogP contribution in [0.15, 0.2) is 24.3 Å². The van der Waals surface area contributed by atoms with Crippen LogP contribution in [0.3, 0.4) is 0 Å². The van der Waals surface area contributed by atoms with Crippen molar-refractivity contribution >= 4 is 16.9 Å². The molecule has 2 aromatic rings. The second kappa shape index (κ2) is 5.34. The summed E-state index contributed by atoms with van der Waals surface area (Å²) >= 11 is 0. The predicted molar refractivity (Wildman–Crippen MR) is 77.7 cm³/mol. The fraction of sp³-hybridized carbons (Fsp3) is 0.438. The number of aryl methyl sites for hydroxylation is 1. The first kappa shape index (κ1) is 16.4. The number of hydrogen-bond donors (Lipinski definition) is 1. The zero-order chi connectivity index (χ0) is 16.7. The van der Waals surface area contributed by atoms with Gasteiger partial charge in [-0.25, -0.2) is 0 Å². The van der Waals surface area contributed by atoms with Crippen LogP contribution >= 0.6 is 0 Å². The molecular formula is C16H18F3NO2. The Morgan fingerprint density at radius 3 is 2.36 bits per heavy atom. The van der Waals surface area contributed by atoms with Crippen molar-refractivity contribution in [3.8, 4) is 0 Å². The zero-order valence-electron chi connectivity index (χ0n) is 12.7. The highest BCUT2D eigenvalue weighted by Crippen LogP contribution is 2.33. The molecule has 0 bridgehead atoms. The minimum atomic E-state index is -4.39. The van der Waals surface area contributed by atoms with E-state index in [1.807, 2.05) is 6.92 Å². The molecule has 2 rings (SSSR count). The number of nitrogens with zero attached hydrogens (tertiary/aromatic N) is 1. The van der Waals surface area contributed by atoms with Crippen LogP contribution in [0.2, 0.25) is 0 Å². The topological polar surface area (TPSA) is 42.2 Å². The number of hydrogen-bond acceptors (Lipinski definition) is 1. The van der Waals surface area contributed by atoms with Gasteiger partial charge in [-0.1, -0.05) is 6.07 Å². The number of alkyl halides is 3. The Kier molecular flexibility index (Phi) is 3.98.